The van der Waals surface area contributed by atoms with E-state index in [0.717, 1.165) is 12.8 Å². The lowest BCUT2D eigenvalue weighted by Crippen LogP contribution is -2.29. The summed E-state index contributed by atoms with van der Waals surface area (Å²) in [6.45, 7) is 1.08. The lowest BCUT2D eigenvalue weighted by Gasteiger charge is -2.21. The minimum absolute atomic E-state index is 0.145. The van der Waals surface area contributed by atoms with Gasteiger partial charge in [-0.05, 0) is 25.0 Å². The fraction of sp³-hybridized carbons (Fsp3) is 0.571. The highest BCUT2D eigenvalue weighted by molar-refractivity contribution is 5.93. The van der Waals surface area contributed by atoms with Gasteiger partial charge in [-0.1, -0.05) is 19.3 Å². The first-order valence-corrected chi connectivity index (χ1v) is 7.12. The molecule has 1 amide bonds. The van der Waals surface area contributed by atoms with Crippen molar-refractivity contribution in [1.82, 2.24) is 10.3 Å². The van der Waals surface area contributed by atoms with Gasteiger partial charge in [0, 0.05) is 12.7 Å². The van der Waals surface area contributed by atoms with Crippen molar-refractivity contribution < 1.29 is 9.53 Å². The Bertz CT molecular complexity index is 416. The lowest BCUT2D eigenvalue weighted by atomic mass is 9.98. The molecule has 1 fully saturated rings. The number of carbonyl (C=O) groups excluding carboxylic acids is 1. The molecule has 1 aromatic rings. The SMILES string of the molecule is NNc1ccc(C(=O)NCCOC2CCCCC2)cn1. The third-order valence-corrected chi connectivity index (χ3v) is 3.47. The number of nitrogens with zero attached hydrogens (tertiary/aromatic N) is 1. The summed E-state index contributed by atoms with van der Waals surface area (Å²) in [5.74, 6) is 5.60. The number of hydrogen-bond donors (Lipinski definition) is 3. The van der Waals surface area contributed by atoms with E-state index < -0.39 is 0 Å². The second kappa shape index (κ2) is 7.81. The maximum Gasteiger partial charge on any atom is 0.252 e. The van der Waals surface area contributed by atoms with Crippen LogP contribution in [0.1, 0.15) is 42.5 Å². The highest BCUT2D eigenvalue weighted by Gasteiger charge is 2.13. The minimum Gasteiger partial charge on any atom is -0.376 e. The number of anilines is 1. The number of carbonyl (C=O) groups is 1. The van der Waals surface area contributed by atoms with Crippen LogP contribution in [0.4, 0.5) is 5.82 Å². The van der Waals surface area contributed by atoms with Gasteiger partial charge in [-0.15, -0.1) is 0 Å². The van der Waals surface area contributed by atoms with Crippen molar-refractivity contribution in [2.24, 2.45) is 5.84 Å². The molecular formula is C14H22N4O2. The first-order valence-electron chi connectivity index (χ1n) is 7.12. The summed E-state index contributed by atoms with van der Waals surface area (Å²) in [4.78, 5) is 15.8. The van der Waals surface area contributed by atoms with E-state index in [1.54, 1.807) is 12.1 Å². The second-order valence-electron chi connectivity index (χ2n) is 4.96. The van der Waals surface area contributed by atoms with Gasteiger partial charge in [0.2, 0.25) is 0 Å². The van der Waals surface area contributed by atoms with Gasteiger partial charge in [0.15, 0.2) is 0 Å². The van der Waals surface area contributed by atoms with Crippen LogP contribution in [0.3, 0.4) is 0 Å². The van der Waals surface area contributed by atoms with Crippen LogP contribution in [-0.4, -0.2) is 30.1 Å². The lowest BCUT2D eigenvalue weighted by molar-refractivity contribution is 0.0299. The molecule has 1 aromatic heterocycles. The minimum atomic E-state index is -0.145. The Morgan fingerprint density at radius 2 is 2.15 bits per heavy atom. The molecule has 6 heteroatoms. The molecule has 0 unspecified atom stereocenters. The smallest absolute Gasteiger partial charge is 0.252 e. The molecule has 1 heterocycles. The van der Waals surface area contributed by atoms with Crippen LogP contribution in [-0.2, 0) is 4.74 Å². The number of pyridine rings is 1. The van der Waals surface area contributed by atoms with Crippen molar-refractivity contribution >= 4 is 11.7 Å². The highest BCUT2D eigenvalue weighted by atomic mass is 16.5. The number of hydrazine groups is 1. The predicted molar refractivity (Wildman–Crippen MR) is 77.2 cm³/mol. The van der Waals surface area contributed by atoms with E-state index in [2.05, 4.69) is 15.7 Å². The van der Waals surface area contributed by atoms with Gasteiger partial charge in [-0.25, -0.2) is 10.8 Å². The van der Waals surface area contributed by atoms with E-state index >= 15 is 0 Å². The summed E-state index contributed by atoms with van der Waals surface area (Å²) in [5, 5.41) is 2.82. The maximum atomic E-state index is 11.8. The summed E-state index contributed by atoms with van der Waals surface area (Å²) < 4.78 is 5.75. The van der Waals surface area contributed by atoms with Gasteiger partial charge in [0.25, 0.3) is 5.91 Å². The molecule has 1 aliphatic rings. The summed E-state index contributed by atoms with van der Waals surface area (Å²) in [7, 11) is 0. The molecule has 0 saturated heterocycles. The van der Waals surface area contributed by atoms with Gasteiger partial charge in [-0.3, -0.25) is 4.79 Å². The Kier molecular flexibility index (Phi) is 5.76. The van der Waals surface area contributed by atoms with Crippen LogP contribution < -0.4 is 16.6 Å². The molecule has 0 aliphatic heterocycles. The monoisotopic (exact) mass is 278 g/mol. The molecule has 0 spiro atoms. The van der Waals surface area contributed by atoms with E-state index in [4.69, 9.17) is 10.6 Å². The molecule has 0 aromatic carbocycles. The average molecular weight is 278 g/mol. The van der Waals surface area contributed by atoms with Gasteiger partial charge < -0.3 is 15.5 Å². The quantitative estimate of drug-likeness (QED) is 0.416. The largest absolute Gasteiger partial charge is 0.376 e. The molecule has 0 bridgehead atoms. The summed E-state index contributed by atoms with van der Waals surface area (Å²) in [6.07, 6.45) is 7.98. The number of nitrogens with two attached hydrogens (primary N) is 1. The standard InChI is InChI=1S/C14H22N4O2/c15-18-13-7-6-11(10-17-13)14(19)16-8-9-20-12-4-2-1-3-5-12/h6-7,10,12H,1-5,8-9,15H2,(H,16,19)(H,17,18). The van der Waals surface area contributed by atoms with Crippen LogP contribution in [0, 0.1) is 0 Å². The molecule has 0 atom stereocenters. The molecule has 4 N–H and O–H groups in total. The highest BCUT2D eigenvalue weighted by Crippen LogP contribution is 2.19. The molecule has 0 radical (unpaired) electrons. The number of aromatic nitrogens is 1. The van der Waals surface area contributed by atoms with E-state index in [9.17, 15) is 4.79 Å². The maximum absolute atomic E-state index is 11.8. The van der Waals surface area contributed by atoms with Crippen molar-refractivity contribution in [2.75, 3.05) is 18.6 Å². The molecule has 1 saturated carbocycles. The summed E-state index contributed by atoms with van der Waals surface area (Å²) in [6, 6.07) is 3.34. The fourth-order valence-electron chi connectivity index (χ4n) is 2.34. The molecule has 1 aliphatic carbocycles. The van der Waals surface area contributed by atoms with Crippen LogP contribution in [0.5, 0.6) is 0 Å². The fourth-order valence-corrected chi connectivity index (χ4v) is 2.34. The van der Waals surface area contributed by atoms with Crippen LogP contribution in [0.25, 0.3) is 0 Å². The number of hydrogen-bond acceptors (Lipinski definition) is 5. The molecule has 20 heavy (non-hydrogen) atoms. The zero-order valence-electron chi connectivity index (χ0n) is 11.6. The van der Waals surface area contributed by atoms with Crippen LogP contribution in [0.2, 0.25) is 0 Å². The van der Waals surface area contributed by atoms with E-state index in [1.807, 2.05) is 0 Å². The van der Waals surface area contributed by atoms with E-state index in [1.165, 1.54) is 25.5 Å². The average Bonchev–Trinajstić information content (AvgIpc) is 2.52. The zero-order valence-corrected chi connectivity index (χ0v) is 11.6. The Balaban J connectivity index is 1.66. The first kappa shape index (κ1) is 14.7. The first-order chi connectivity index (χ1) is 9.79. The normalized spacial score (nSPS) is 15.8. The van der Waals surface area contributed by atoms with Crippen molar-refractivity contribution in [3.8, 4) is 0 Å². The Hall–Kier alpha value is -1.66. The molecular weight excluding hydrogens is 256 g/mol. The Labute approximate surface area is 119 Å². The topological polar surface area (TPSA) is 89.3 Å². The molecule has 110 valence electrons. The third-order valence-electron chi connectivity index (χ3n) is 3.47. The van der Waals surface area contributed by atoms with E-state index in [0.29, 0.717) is 30.6 Å². The predicted octanol–water partition coefficient (Wildman–Crippen LogP) is 1.45. The molecule has 2 rings (SSSR count). The van der Waals surface area contributed by atoms with Gasteiger partial charge in [-0.2, -0.15) is 0 Å². The number of nitrogen functional groups attached to an aromatic ring is 1. The summed E-state index contributed by atoms with van der Waals surface area (Å²) >= 11 is 0. The number of rotatable bonds is 6. The Morgan fingerprint density at radius 1 is 1.35 bits per heavy atom. The molecule has 6 nitrogen and oxygen atoms in total. The van der Waals surface area contributed by atoms with Crippen LogP contribution in [0.15, 0.2) is 18.3 Å². The summed E-state index contributed by atoms with van der Waals surface area (Å²) in [5.41, 5.74) is 2.93. The second-order valence-corrected chi connectivity index (χ2v) is 4.96. The van der Waals surface area contributed by atoms with E-state index in [-0.39, 0.29) is 5.91 Å². The number of amides is 1. The number of nitrogens with one attached hydrogen (secondary N) is 2. The van der Waals surface area contributed by atoms with Gasteiger partial charge >= 0.3 is 0 Å². The van der Waals surface area contributed by atoms with Crippen molar-refractivity contribution in [2.45, 2.75) is 38.2 Å². The van der Waals surface area contributed by atoms with Gasteiger partial charge in [0.05, 0.1) is 18.3 Å². The third kappa shape index (κ3) is 4.47. The van der Waals surface area contributed by atoms with Crippen LogP contribution >= 0.6 is 0 Å². The zero-order chi connectivity index (χ0) is 14.2. The van der Waals surface area contributed by atoms with Crippen molar-refractivity contribution in [3.05, 3.63) is 23.9 Å². The number of ether oxygens (including phenoxy) is 1. The Morgan fingerprint density at radius 3 is 2.80 bits per heavy atom. The van der Waals surface area contributed by atoms with Crippen molar-refractivity contribution in [1.29, 1.82) is 0 Å². The van der Waals surface area contributed by atoms with Gasteiger partial charge in [0.1, 0.15) is 5.82 Å². The van der Waals surface area contributed by atoms with Crippen molar-refractivity contribution in [3.63, 3.8) is 0 Å².